The highest BCUT2D eigenvalue weighted by Gasteiger charge is 2.15. The zero-order valence-electron chi connectivity index (χ0n) is 8.79. The number of carbonyl (C=O) groups is 1. The van der Waals surface area contributed by atoms with Crippen molar-refractivity contribution < 1.29 is 13.2 Å². The highest BCUT2D eigenvalue weighted by Crippen LogP contribution is 2.15. The molecule has 0 fully saturated rings. The Bertz CT molecular complexity index is 467. The third-order valence-corrected chi connectivity index (χ3v) is 3.33. The van der Waals surface area contributed by atoms with Crippen molar-refractivity contribution in [2.75, 3.05) is 6.54 Å². The van der Waals surface area contributed by atoms with Crippen molar-refractivity contribution in [1.82, 2.24) is 10.3 Å². The lowest BCUT2D eigenvalue weighted by molar-refractivity contribution is 0.0948. The monoisotopic (exact) mass is 264 g/mol. The Balaban J connectivity index is 2.68. The topological polar surface area (TPSA) is 79.0 Å². The summed E-state index contributed by atoms with van der Waals surface area (Å²) in [6.07, 6.45) is 3.05. The molecule has 1 aromatic rings. The van der Waals surface area contributed by atoms with Crippen molar-refractivity contribution in [1.29, 1.82) is 0 Å². The molecule has 1 aromatic heterocycles. The average molecular weight is 265 g/mol. The molecule has 0 spiro atoms. The molecule has 0 bridgehead atoms. The van der Waals surface area contributed by atoms with E-state index in [1.807, 2.05) is 6.92 Å². The Morgan fingerprint density at radius 2 is 2.25 bits per heavy atom. The first-order chi connectivity index (χ1) is 7.45. The Morgan fingerprint density at radius 1 is 1.56 bits per heavy atom. The van der Waals surface area contributed by atoms with Gasteiger partial charge in [0.2, 0.25) is 0 Å². The smallest absolute Gasteiger partial charge is 0.267 e. The Labute approximate surface area is 98.6 Å². The maximum atomic E-state index is 11.5. The Kier molecular flexibility index (Phi) is 4.37. The van der Waals surface area contributed by atoms with Gasteiger partial charge in [-0.3, -0.25) is 4.79 Å². The van der Waals surface area contributed by atoms with Crippen LogP contribution in [0, 0.1) is 0 Å². The van der Waals surface area contributed by atoms with Gasteiger partial charge >= 0.3 is 0 Å². The largest absolute Gasteiger partial charge is 0.356 e. The highest BCUT2D eigenvalue weighted by molar-refractivity contribution is 8.13. The molecule has 0 radical (unpaired) electrons. The van der Waals surface area contributed by atoms with Crippen LogP contribution in [-0.4, -0.2) is 25.9 Å². The summed E-state index contributed by atoms with van der Waals surface area (Å²) >= 11 is 0. The molecule has 5 nitrogen and oxygen atoms in total. The van der Waals surface area contributed by atoms with E-state index in [1.165, 1.54) is 12.3 Å². The van der Waals surface area contributed by atoms with E-state index in [0.717, 1.165) is 12.8 Å². The number of unbranched alkanes of at least 4 members (excludes halogenated alkanes) is 1. The van der Waals surface area contributed by atoms with E-state index in [9.17, 15) is 13.2 Å². The molecule has 7 heteroatoms. The summed E-state index contributed by atoms with van der Waals surface area (Å²) < 4.78 is 21.9. The molecule has 0 aliphatic rings. The first-order valence-electron chi connectivity index (χ1n) is 4.86. The summed E-state index contributed by atoms with van der Waals surface area (Å²) in [6, 6.07) is 1.21. The van der Waals surface area contributed by atoms with E-state index in [0.29, 0.717) is 6.54 Å². The molecule has 0 aromatic carbocycles. The van der Waals surface area contributed by atoms with Crippen LogP contribution in [0.1, 0.15) is 30.3 Å². The van der Waals surface area contributed by atoms with Crippen molar-refractivity contribution in [2.45, 2.75) is 24.7 Å². The van der Waals surface area contributed by atoms with Crippen molar-refractivity contribution in [3.8, 4) is 0 Å². The number of aromatic nitrogens is 1. The van der Waals surface area contributed by atoms with Crippen molar-refractivity contribution >= 4 is 25.6 Å². The Morgan fingerprint density at radius 3 is 2.75 bits per heavy atom. The van der Waals surface area contributed by atoms with Crippen LogP contribution in [0.4, 0.5) is 0 Å². The number of nitrogens with one attached hydrogen (secondary N) is 2. The van der Waals surface area contributed by atoms with Crippen LogP contribution in [0.5, 0.6) is 0 Å². The van der Waals surface area contributed by atoms with Crippen LogP contribution in [0.3, 0.4) is 0 Å². The third kappa shape index (κ3) is 3.53. The molecule has 1 heterocycles. The van der Waals surface area contributed by atoms with Crippen LogP contribution in [0.2, 0.25) is 0 Å². The van der Waals surface area contributed by atoms with Gasteiger partial charge in [0.05, 0.1) is 0 Å². The lowest BCUT2D eigenvalue weighted by Gasteiger charge is -2.00. The van der Waals surface area contributed by atoms with Crippen molar-refractivity contribution in [3.63, 3.8) is 0 Å². The number of amides is 1. The molecule has 2 N–H and O–H groups in total. The van der Waals surface area contributed by atoms with Gasteiger partial charge in [-0.05, 0) is 12.5 Å². The maximum absolute atomic E-state index is 11.5. The SMILES string of the molecule is CCCCNC(=O)c1cc(S(=O)(=O)Cl)c[nH]1. The minimum absolute atomic E-state index is 0.102. The lowest BCUT2D eigenvalue weighted by atomic mass is 10.3. The predicted molar refractivity (Wildman–Crippen MR) is 61.1 cm³/mol. The number of aromatic amines is 1. The van der Waals surface area contributed by atoms with Gasteiger partial charge in [-0.2, -0.15) is 0 Å². The van der Waals surface area contributed by atoms with E-state index in [-0.39, 0.29) is 16.5 Å². The number of rotatable bonds is 5. The first-order valence-corrected chi connectivity index (χ1v) is 7.17. The second kappa shape index (κ2) is 5.36. The standard InChI is InChI=1S/C9H13ClN2O3S/c1-2-3-4-11-9(13)8-5-7(6-12-8)16(10,14)15/h5-6,12H,2-4H2,1H3,(H,11,13). The van der Waals surface area contributed by atoms with Gasteiger partial charge in [0, 0.05) is 23.4 Å². The average Bonchev–Trinajstić information content (AvgIpc) is 2.66. The molecule has 0 saturated carbocycles. The number of halogens is 1. The van der Waals surface area contributed by atoms with E-state index in [2.05, 4.69) is 10.3 Å². The molecule has 0 aliphatic heterocycles. The molecule has 0 aliphatic carbocycles. The van der Waals surface area contributed by atoms with Crippen LogP contribution in [-0.2, 0) is 9.05 Å². The molecular formula is C9H13ClN2O3S. The molecule has 0 unspecified atom stereocenters. The fraction of sp³-hybridized carbons (Fsp3) is 0.444. The molecule has 1 amide bonds. The number of hydrogen-bond donors (Lipinski definition) is 2. The van der Waals surface area contributed by atoms with Gasteiger partial charge in [-0.1, -0.05) is 13.3 Å². The third-order valence-electron chi connectivity index (χ3n) is 2.00. The van der Waals surface area contributed by atoms with Gasteiger partial charge in [-0.15, -0.1) is 0 Å². The van der Waals surface area contributed by atoms with Crippen LogP contribution in [0.15, 0.2) is 17.2 Å². The normalized spacial score (nSPS) is 11.4. The lowest BCUT2D eigenvalue weighted by Crippen LogP contribution is -2.24. The van der Waals surface area contributed by atoms with Gasteiger partial charge < -0.3 is 10.3 Å². The predicted octanol–water partition coefficient (Wildman–Crippen LogP) is 1.47. The molecule has 1 rings (SSSR count). The first kappa shape index (κ1) is 13.1. The maximum Gasteiger partial charge on any atom is 0.267 e. The molecular weight excluding hydrogens is 252 g/mol. The van der Waals surface area contributed by atoms with Gasteiger partial charge in [0.25, 0.3) is 15.0 Å². The van der Waals surface area contributed by atoms with Crippen LogP contribution in [0.25, 0.3) is 0 Å². The number of hydrogen-bond acceptors (Lipinski definition) is 3. The van der Waals surface area contributed by atoms with Crippen molar-refractivity contribution in [3.05, 3.63) is 18.0 Å². The van der Waals surface area contributed by atoms with Crippen molar-refractivity contribution in [2.24, 2.45) is 0 Å². The number of carbonyl (C=O) groups excluding carboxylic acids is 1. The summed E-state index contributed by atoms with van der Waals surface area (Å²) in [5.41, 5.74) is 0.190. The summed E-state index contributed by atoms with van der Waals surface area (Å²) in [7, 11) is 1.34. The molecule has 90 valence electrons. The van der Waals surface area contributed by atoms with Gasteiger partial charge in [0.1, 0.15) is 10.6 Å². The van der Waals surface area contributed by atoms with Crippen LogP contribution >= 0.6 is 10.7 Å². The fourth-order valence-electron chi connectivity index (χ4n) is 1.12. The zero-order chi connectivity index (χ0) is 12.2. The summed E-state index contributed by atoms with van der Waals surface area (Å²) in [5.74, 6) is -0.333. The van der Waals surface area contributed by atoms with Gasteiger partial charge in [-0.25, -0.2) is 8.42 Å². The molecule has 16 heavy (non-hydrogen) atoms. The van der Waals surface area contributed by atoms with E-state index in [1.54, 1.807) is 0 Å². The Hall–Kier alpha value is -1.01. The minimum Gasteiger partial charge on any atom is -0.356 e. The molecule has 0 saturated heterocycles. The van der Waals surface area contributed by atoms with E-state index < -0.39 is 9.05 Å². The second-order valence-corrected chi connectivity index (χ2v) is 5.86. The summed E-state index contributed by atoms with van der Waals surface area (Å²) in [6.45, 7) is 2.58. The zero-order valence-corrected chi connectivity index (χ0v) is 10.4. The van der Waals surface area contributed by atoms with Crippen LogP contribution < -0.4 is 5.32 Å². The van der Waals surface area contributed by atoms with E-state index in [4.69, 9.17) is 10.7 Å². The number of H-pyrrole nitrogens is 1. The highest BCUT2D eigenvalue weighted by atomic mass is 35.7. The quantitative estimate of drug-likeness (QED) is 0.624. The minimum atomic E-state index is -3.78. The summed E-state index contributed by atoms with van der Waals surface area (Å²) in [4.78, 5) is 13.9. The van der Waals surface area contributed by atoms with E-state index >= 15 is 0 Å². The van der Waals surface area contributed by atoms with Gasteiger partial charge in [0.15, 0.2) is 0 Å². The fourth-order valence-corrected chi connectivity index (χ4v) is 1.85. The molecule has 0 atom stereocenters. The summed E-state index contributed by atoms with van der Waals surface area (Å²) in [5, 5.41) is 2.66. The second-order valence-electron chi connectivity index (χ2n) is 3.30.